The van der Waals surface area contributed by atoms with Crippen LogP contribution in [0.2, 0.25) is 0 Å². The zero-order chi connectivity index (χ0) is 10.8. The minimum Gasteiger partial charge on any atom is -0.493 e. The van der Waals surface area contributed by atoms with Crippen LogP contribution in [0.3, 0.4) is 0 Å². The van der Waals surface area contributed by atoms with E-state index in [1.54, 1.807) is 13.3 Å². The van der Waals surface area contributed by atoms with E-state index >= 15 is 0 Å². The van der Waals surface area contributed by atoms with Gasteiger partial charge >= 0.3 is 0 Å². The fourth-order valence-electron chi connectivity index (χ4n) is 1.35. The SMILES string of the molecule is COc1cc(OC2CC2)cnc1N(C)C. The lowest BCUT2D eigenvalue weighted by molar-refractivity contribution is 0.299. The van der Waals surface area contributed by atoms with Crippen LogP contribution in [0, 0.1) is 0 Å². The fourth-order valence-corrected chi connectivity index (χ4v) is 1.35. The number of pyridine rings is 1. The van der Waals surface area contributed by atoms with Gasteiger partial charge in [0.2, 0.25) is 0 Å². The van der Waals surface area contributed by atoms with Gasteiger partial charge in [-0.25, -0.2) is 4.98 Å². The number of hydrogen-bond donors (Lipinski definition) is 0. The van der Waals surface area contributed by atoms with E-state index in [1.165, 1.54) is 0 Å². The molecule has 1 aliphatic carbocycles. The van der Waals surface area contributed by atoms with Crippen LogP contribution >= 0.6 is 0 Å². The van der Waals surface area contributed by atoms with Gasteiger partial charge in [-0.15, -0.1) is 0 Å². The second kappa shape index (κ2) is 3.96. The minimum absolute atomic E-state index is 0.390. The average molecular weight is 208 g/mol. The van der Waals surface area contributed by atoms with Gasteiger partial charge < -0.3 is 14.4 Å². The van der Waals surface area contributed by atoms with Gasteiger partial charge in [0.05, 0.1) is 19.4 Å². The van der Waals surface area contributed by atoms with Crippen LogP contribution < -0.4 is 14.4 Å². The van der Waals surface area contributed by atoms with Gasteiger partial charge in [-0.05, 0) is 12.8 Å². The van der Waals surface area contributed by atoms with Crippen molar-refractivity contribution in [1.29, 1.82) is 0 Å². The molecule has 4 heteroatoms. The minimum atomic E-state index is 0.390. The van der Waals surface area contributed by atoms with Crippen LogP contribution in [0.1, 0.15) is 12.8 Å². The standard InChI is InChI=1S/C11H16N2O2/c1-13(2)11-10(14-3)6-9(7-12-11)15-8-4-5-8/h6-8H,4-5H2,1-3H3. The van der Waals surface area contributed by atoms with Crippen LogP contribution in [0.15, 0.2) is 12.3 Å². The first-order valence-electron chi connectivity index (χ1n) is 5.08. The Morgan fingerprint density at radius 2 is 2.13 bits per heavy atom. The molecule has 0 amide bonds. The number of hydrogen-bond acceptors (Lipinski definition) is 4. The monoisotopic (exact) mass is 208 g/mol. The number of anilines is 1. The molecule has 1 heterocycles. The summed E-state index contributed by atoms with van der Waals surface area (Å²) in [6.07, 6.45) is 4.44. The largest absolute Gasteiger partial charge is 0.493 e. The smallest absolute Gasteiger partial charge is 0.171 e. The van der Waals surface area contributed by atoms with E-state index in [0.717, 1.165) is 30.2 Å². The van der Waals surface area contributed by atoms with Crippen molar-refractivity contribution in [3.63, 3.8) is 0 Å². The van der Waals surface area contributed by atoms with Crippen molar-refractivity contribution < 1.29 is 9.47 Å². The Bertz CT molecular complexity index is 348. The molecule has 0 radical (unpaired) electrons. The summed E-state index contributed by atoms with van der Waals surface area (Å²) in [4.78, 5) is 6.22. The van der Waals surface area contributed by atoms with Gasteiger partial charge in [0.15, 0.2) is 11.6 Å². The molecule has 0 N–H and O–H groups in total. The van der Waals surface area contributed by atoms with Crippen molar-refractivity contribution >= 4 is 5.82 Å². The summed E-state index contributed by atoms with van der Waals surface area (Å²) in [6, 6.07) is 1.89. The summed E-state index contributed by atoms with van der Waals surface area (Å²) in [6.45, 7) is 0. The molecule has 0 unspecified atom stereocenters. The molecule has 1 saturated carbocycles. The van der Waals surface area contributed by atoms with Crippen molar-refractivity contribution in [3.05, 3.63) is 12.3 Å². The third kappa shape index (κ3) is 2.32. The molecule has 0 saturated heterocycles. The average Bonchev–Trinajstić information content (AvgIpc) is 3.01. The lowest BCUT2D eigenvalue weighted by atomic mass is 10.4. The highest BCUT2D eigenvalue weighted by molar-refractivity contribution is 5.53. The summed E-state index contributed by atoms with van der Waals surface area (Å²) in [5.74, 6) is 2.36. The number of nitrogens with zero attached hydrogens (tertiary/aromatic N) is 2. The molecule has 2 rings (SSSR count). The molecule has 4 nitrogen and oxygen atoms in total. The maximum Gasteiger partial charge on any atom is 0.171 e. The van der Waals surface area contributed by atoms with E-state index in [4.69, 9.17) is 9.47 Å². The second-order valence-electron chi connectivity index (χ2n) is 3.91. The quantitative estimate of drug-likeness (QED) is 0.754. The number of rotatable bonds is 4. The van der Waals surface area contributed by atoms with Gasteiger partial charge in [0.25, 0.3) is 0 Å². The first kappa shape index (κ1) is 10.1. The Kier molecular flexibility index (Phi) is 2.66. The molecule has 82 valence electrons. The fraction of sp³-hybridized carbons (Fsp3) is 0.545. The second-order valence-corrected chi connectivity index (χ2v) is 3.91. The van der Waals surface area contributed by atoms with Crippen molar-refractivity contribution in [2.24, 2.45) is 0 Å². The maximum atomic E-state index is 5.64. The van der Waals surface area contributed by atoms with E-state index in [1.807, 2.05) is 25.1 Å². The summed E-state index contributed by atoms with van der Waals surface area (Å²) < 4.78 is 10.9. The number of aromatic nitrogens is 1. The van der Waals surface area contributed by atoms with Gasteiger partial charge in [-0.2, -0.15) is 0 Å². The number of methoxy groups -OCH3 is 1. The molecular weight excluding hydrogens is 192 g/mol. The lowest BCUT2D eigenvalue weighted by Crippen LogP contribution is -2.12. The Labute approximate surface area is 89.8 Å². The van der Waals surface area contributed by atoms with Gasteiger partial charge in [-0.1, -0.05) is 0 Å². The van der Waals surface area contributed by atoms with E-state index < -0.39 is 0 Å². The highest BCUT2D eigenvalue weighted by Crippen LogP contribution is 2.32. The Morgan fingerprint density at radius 3 is 2.67 bits per heavy atom. The summed E-state index contributed by atoms with van der Waals surface area (Å²) >= 11 is 0. The molecule has 0 spiro atoms. The van der Waals surface area contributed by atoms with Gasteiger partial charge in [0.1, 0.15) is 5.75 Å². The lowest BCUT2D eigenvalue weighted by Gasteiger charge is -2.16. The van der Waals surface area contributed by atoms with Crippen LogP contribution in [0.4, 0.5) is 5.82 Å². The summed E-state index contributed by atoms with van der Waals surface area (Å²) in [5, 5.41) is 0. The molecule has 0 aliphatic heterocycles. The van der Waals surface area contributed by atoms with Crippen molar-refractivity contribution in [2.45, 2.75) is 18.9 Å². The molecule has 0 aromatic carbocycles. The molecule has 0 bridgehead atoms. The summed E-state index contributed by atoms with van der Waals surface area (Å²) in [5.41, 5.74) is 0. The van der Waals surface area contributed by atoms with Crippen molar-refractivity contribution in [2.75, 3.05) is 26.1 Å². The van der Waals surface area contributed by atoms with E-state index in [0.29, 0.717) is 6.10 Å². The van der Waals surface area contributed by atoms with Crippen molar-refractivity contribution in [1.82, 2.24) is 4.98 Å². The molecule has 1 aromatic heterocycles. The van der Waals surface area contributed by atoms with E-state index in [2.05, 4.69) is 4.98 Å². The van der Waals surface area contributed by atoms with Crippen LogP contribution in [0.25, 0.3) is 0 Å². The Hall–Kier alpha value is -1.45. The molecule has 0 atom stereocenters. The predicted octanol–water partition coefficient (Wildman–Crippen LogP) is 1.70. The van der Waals surface area contributed by atoms with E-state index in [-0.39, 0.29) is 0 Å². The molecule has 15 heavy (non-hydrogen) atoms. The first-order valence-corrected chi connectivity index (χ1v) is 5.08. The van der Waals surface area contributed by atoms with Gasteiger partial charge in [-0.3, -0.25) is 0 Å². The van der Waals surface area contributed by atoms with Crippen LogP contribution in [-0.2, 0) is 0 Å². The highest BCUT2D eigenvalue weighted by atomic mass is 16.5. The third-order valence-electron chi connectivity index (χ3n) is 2.28. The first-order chi connectivity index (χ1) is 7.20. The summed E-state index contributed by atoms with van der Waals surface area (Å²) in [7, 11) is 5.52. The zero-order valence-corrected chi connectivity index (χ0v) is 9.36. The van der Waals surface area contributed by atoms with Crippen LogP contribution in [-0.4, -0.2) is 32.3 Å². The topological polar surface area (TPSA) is 34.6 Å². The zero-order valence-electron chi connectivity index (χ0n) is 9.36. The third-order valence-corrected chi connectivity index (χ3v) is 2.28. The van der Waals surface area contributed by atoms with E-state index in [9.17, 15) is 0 Å². The van der Waals surface area contributed by atoms with Crippen LogP contribution in [0.5, 0.6) is 11.5 Å². The molecular formula is C11H16N2O2. The highest BCUT2D eigenvalue weighted by Gasteiger charge is 2.24. The Morgan fingerprint density at radius 1 is 1.40 bits per heavy atom. The molecule has 1 aliphatic rings. The van der Waals surface area contributed by atoms with Crippen molar-refractivity contribution in [3.8, 4) is 11.5 Å². The van der Waals surface area contributed by atoms with Gasteiger partial charge in [0, 0.05) is 20.2 Å². The maximum absolute atomic E-state index is 5.64. The normalized spacial score (nSPS) is 14.9. The predicted molar refractivity (Wildman–Crippen MR) is 58.8 cm³/mol. The molecule has 1 aromatic rings. The number of ether oxygens (including phenoxy) is 2. The molecule has 1 fully saturated rings. The Balaban J connectivity index is 2.20.